The molecule has 13 heteroatoms. The number of rotatable bonds is 6. The summed E-state index contributed by atoms with van der Waals surface area (Å²) in [5.41, 5.74) is 0. The van der Waals surface area contributed by atoms with Gasteiger partial charge in [0.25, 0.3) is 0 Å². The second kappa shape index (κ2) is 8.21. The highest BCUT2D eigenvalue weighted by atomic mass is 32.2. The second-order valence-electron chi connectivity index (χ2n) is 6.34. The van der Waals surface area contributed by atoms with Crippen molar-refractivity contribution in [1.82, 2.24) is 18.8 Å². The highest BCUT2D eigenvalue weighted by molar-refractivity contribution is 7.89. The fourth-order valence-corrected chi connectivity index (χ4v) is 4.42. The van der Waals surface area contributed by atoms with Crippen molar-refractivity contribution in [3.05, 3.63) is 52.5 Å². The fourth-order valence-electron chi connectivity index (χ4n) is 2.95. The molecule has 0 unspecified atom stereocenters. The maximum Gasteiger partial charge on any atom is 0.381 e. The molecule has 156 valence electrons. The van der Waals surface area contributed by atoms with Gasteiger partial charge in [-0.25, -0.2) is 17.2 Å². The number of aromatic nitrogens is 2. The Morgan fingerprint density at radius 1 is 1.21 bits per heavy atom. The van der Waals surface area contributed by atoms with Crippen LogP contribution in [0.3, 0.4) is 0 Å². The molecule has 0 saturated carbocycles. The van der Waals surface area contributed by atoms with E-state index in [-0.39, 0.29) is 50.9 Å². The number of sulfonamides is 1. The molecule has 0 spiro atoms. The van der Waals surface area contributed by atoms with Gasteiger partial charge in [0.2, 0.25) is 22.3 Å². The standard InChI is InChI=1S/C16H17F2N5O5S/c17-12-1-2-14(13(18)9-12)29(27,28)22-7-5-21(6-8-22)16(24)3-4-20-10-15(19-11-20)23(25)26/h1-2,9-11H,3-8H2. The summed E-state index contributed by atoms with van der Waals surface area (Å²) in [5, 5.41) is 10.6. The first-order valence-electron chi connectivity index (χ1n) is 8.57. The molecule has 1 amide bonds. The van der Waals surface area contributed by atoms with Crippen LogP contribution in [0.5, 0.6) is 0 Å². The van der Waals surface area contributed by atoms with Gasteiger partial charge >= 0.3 is 5.82 Å². The van der Waals surface area contributed by atoms with Crippen LogP contribution in [0.15, 0.2) is 35.6 Å². The molecule has 0 N–H and O–H groups in total. The maximum atomic E-state index is 13.9. The van der Waals surface area contributed by atoms with E-state index < -0.39 is 31.5 Å². The molecular weight excluding hydrogens is 412 g/mol. The molecule has 1 fully saturated rings. The molecule has 1 aromatic heterocycles. The largest absolute Gasteiger partial charge is 0.381 e. The zero-order valence-electron chi connectivity index (χ0n) is 15.1. The molecule has 0 atom stereocenters. The Labute approximate surface area is 164 Å². The molecule has 2 heterocycles. The normalized spacial score (nSPS) is 15.4. The quantitative estimate of drug-likeness (QED) is 0.499. The van der Waals surface area contributed by atoms with E-state index in [1.807, 2.05) is 0 Å². The number of nitrogens with zero attached hydrogens (tertiary/aromatic N) is 5. The monoisotopic (exact) mass is 429 g/mol. The zero-order valence-corrected chi connectivity index (χ0v) is 15.9. The van der Waals surface area contributed by atoms with Gasteiger partial charge in [0, 0.05) is 45.2 Å². The van der Waals surface area contributed by atoms with E-state index in [1.165, 1.54) is 22.0 Å². The third-order valence-corrected chi connectivity index (χ3v) is 6.43. The van der Waals surface area contributed by atoms with Gasteiger partial charge in [0.15, 0.2) is 0 Å². The van der Waals surface area contributed by atoms with Crippen LogP contribution in [0.25, 0.3) is 0 Å². The minimum Gasteiger partial charge on any atom is -0.358 e. The lowest BCUT2D eigenvalue weighted by Crippen LogP contribution is -2.50. The Bertz CT molecular complexity index is 1030. The number of imidazole rings is 1. The fraction of sp³-hybridized carbons (Fsp3) is 0.375. The van der Waals surface area contributed by atoms with Gasteiger partial charge in [-0.3, -0.25) is 4.79 Å². The third kappa shape index (κ3) is 4.56. The first kappa shape index (κ1) is 20.8. The average molecular weight is 429 g/mol. The topological polar surface area (TPSA) is 119 Å². The van der Waals surface area contributed by atoms with Crippen molar-refractivity contribution in [2.45, 2.75) is 17.9 Å². The van der Waals surface area contributed by atoms with Crippen LogP contribution in [0.1, 0.15) is 6.42 Å². The zero-order chi connectivity index (χ0) is 21.2. The van der Waals surface area contributed by atoms with E-state index in [0.717, 1.165) is 16.4 Å². The van der Waals surface area contributed by atoms with Crippen molar-refractivity contribution in [2.75, 3.05) is 26.2 Å². The molecule has 1 saturated heterocycles. The Balaban J connectivity index is 1.56. The van der Waals surface area contributed by atoms with Crippen LogP contribution in [-0.4, -0.2) is 64.2 Å². The van der Waals surface area contributed by atoms with Crippen molar-refractivity contribution in [2.24, 2.45) is 0 Å². The highest BCUT2D eigenvalue weighted by Crippen LogP contribution is 2.21. The van der Waals surface area contributed by atoms with Crippen molar-refractivity contribution in [1.29, 1.82) is 0 Å². The molecule has 1 aromatic carbocycles. The third-order valence-electron chi connectivity index (χ3n) is 4.49. The summed E-state index contributed by atoms with van der Waals surface area (Å²) in [6.07, 6.45) is 2.54. The van der Waals surface area contributed by atoms with Crippen molar-refractivity contribution in [3.8, 4) is 0 Å². The lowest BCUT2D eigenvalue weighted by molar-refractivity contribution is -0.389. The van der Waals surface area contributed by atoms with E-state index in [0.29, 0.717) is 6.07 Å². The molecule has 3 rings (SSSR count). The van der Waals surface area contributed by atoms with Gasteiger partial charge in [-0.2, -0.15) is 4.31 Å². The Hall–Kier alpha value is -2.93. The Morgan fingerprint density at radius 2 is 1.90 bits per heavy atom. The van der Waals surface area contributed by atoms with E-state index in [1.54, 1.807) is 0 Å². The van der Waals surface area contributed by atoms with Crippen LogP contribution in [0.4, 0.5) is 14.6 Å². The van der Waals surface area contributed by atoms with Crippen LogP contribution >= 0.6 is 0 Å². The van der Waals surface area contributed by atoms with Gasteiger partial charge in [-0.15, -0.1) is 0 Å². The summed E-state index contributed by atoms with van der Waals surface area (Å²) < 4.78 is 54.5. The van der Waals surface area contributed by atoms with Gasteiger partial charge in [-0.05, 0) is 22.0 Å². The summed E-state index contributed by atoms with van der Waals surface area (Å²) in [4.78, 5) is 26.7. The molecular formula is C16H17F2N5O5S. The first-order chi connectivity index (χ1) is 13.7. The molecule has 2 aromatic rings. The maximum absolute atomic E-state index is 13.9. The molecule has 1 aliphatic heterocycles. The number of benzene rings is 1. The summed E-state index contributed by atoms with van der Waals surface area (Å²) in [6, 6.07) is 2.26. The number of piperazine rings is 1. The summed E-state index contributed by atoms with van der Waals surface area (Å²) >= 11 is 0. The minimum absolute atomic E-state index is 0.0264. The molecule has 0 bridgehead atoms. The van der Waals surface area contributed by atoms with E-state index >= 15 is 0 Å². The number of nitro groups is 1. The van der Waals surface area contributed by atoms with E-state index in [2.05, 4.69) is 4.98 Å². The van der Waals surface area contributed by atoms with Gasteiger partial charge in [-0.1, -0.05) is 0 Å². The lowest BCUT2D eigenvalue weighted by atomic mass is 10.3. The van der Waals surface area contributed by atoms with E-state index in [9.17, 15) is 32.1 Å². The van der Waals surface area contributed by atoms with Gasteiger partial charge in [0.1, 0.15) is 22.7 Å². The average Bonchev–Trinajstić information content (AvgIpc) is 3.15. The number of carbonyl (C=O) groups excluding carboxylic acids is 1. The minimum atomic E-state index is -4.14. The van der Waals surface area contributed by atoms with Crippen molar-refractivity contribution < 1.29 is 26.9 Å². The molecule has 0 aliphatic carbocycles. The second-order valence-corrected chi connectivity index (χ2v) is 8.24. The lowest BCUT2D eigenvalue weighted by Gasteiger charge is -2.34. The summed E-state index contributed by atoms with van der Waals surface area (Å²) in [5.74, 6) is -2.60. The highest BCUT2D eigenvalue weighted by Gasteiger charge is 2.32. The van der Waals surface area contributed by atoms with Gasteiger partial charge in [0.05, 0.1) is 0 Å². The van der Waals surface area contributed by atoms with E-state index in [4.69, 9.17) is 0 Å². The van der Waals surface area contributed by atoms with Crippen LogP contribution < -0.4 is 0 Å². The van der Waals surface area contributed by atoms with Crippen LogP contribution in [0.2, 0.25) is 0 Å². The van der Waals surface area contributed by atoms with Crippen molar-refractivity contribution >= 4 is 21.7 Å². The SMILES string of the molecule is O=C(CCn1cnc([N+](=O)[O-])c1)N1CCN(S(=O)(=O)c2ccc(F)cc2F)CC1. The summed E-state index contributed by atoms with van der Waals surface area (Å²) in [7, 11) is -4.14. The molecule has 10 nitrogen and oxygen atoms in total. The number of amides is 1. The predicted octanol–water partition coefficient (Wildman–Crippen LogP) is 0.993. The number of hydrogen-bond donors (Lipinski definition) is 0. The smallest absolute Gasteiger partial charge is 0.358 e. The predicted molar refractivity (Wildman–Crippen MR) is 95.2 cm³/mol. The number of aryl methyl sites for hydroxylation is 1. The number of hydrogen-bond acceptors (Lipinski definition) is 6. The Kier molecular flexibility index (Phi) is 5.88. The van der Waals surface area contributed by atoms with Gasteiger partial charge < -0.3 is 19.6 Å². The first-order valence-corrected chi connectivity index (χ1v) is 10.0. The molecule has 29 heavy (non-hydrogen) atoms. The number of carbonyl (C=O) groups is 1. The van der Waals surface area contributed by atoms with Crippen LogP contribution in [-0.2, 0) is 21.4 Å². The van der Waals surface area contributed by atoms with Crippen LogP contribution in [0, 0.1) is 21.7 Å². The Morgan fingerprint density at radius 3 is 2.48 bits per heavy atom. The molecule has 1 aliphatic rings. The number of halogens is 2. The molecule has 0 radical (unpaired) electrons. The van der Waals surface area contributed by atoms with Crippen molar-refractivity contribution in [3.63, 3.8) is 0 Å². The summed E-state index contributed by atoms with van der Waals surface area (Å²) in [6.45, 7) is 0.373.